The van der Waals surface area contributed by atoms with Crippen molar-refractivity contribution in [2.75, 3.05) is 13.2 Å². The van der Waals surface area contributed by atoms with E-state index in [1.807, 2.05) is 18.2 Å². The fraction of sp³-hybridized carbons (Fsp3) is 0.644. The molecule has 11 nitrogen and oxygen atoms in total. The molecule has 0 aromatic carbocycles. The second-order valence-corrected chi connectivity index (χ2v) is 22.1. The first-order valence-corrected chi connectivity index (χ1v) is 33.1. The van der Waals surface area contributed by atoms with Gasteiger partial charge in [0.15, 0.2) is 12.4 Å². The number of nitrogens with one attached hydrogen (secondary N) is 1. The van der Waals surface area contributed by atoms with Crippen LogP contribution >= 0.6 is 0 Å². The number of rotatable bonds is 54. The summed E-state index contributed by atoms with van der Waals surface area (Å²) < 4.78 is 17.6. The minimum absolute atomic E-state index is 0.0102. The van der Waals surface area contributed by atoms with Gasteiger partial charge in [-0.05, 0) is 109 Å². The molecule has 84 heavy (non-hydrogen) atoms. The molecule has 1 rings (SSSR count). The lowest BCUT2D eigenvalue weighted by molar-refractivity contribution is -0.305. The van der Waals surface area contributed by atoms with E-state index < -0.39 is 67.4 Å². The van der Waals surface area contributed by atoms with Crippen LogP contribution in [0.2, 0.25) is 0 Å². The third-order valence-corrected chi connectivity index (χ3v) is 14.5. The van der Waals surface area contributed by atoms with Crippen molar-refractivity contribution in [1.29, 1.82) is 0 Å². The Morgan fingerprint density at radius 1 is 0.476 bits per heavy atom. The predicted molar refractivity (Wildman–Crippen MR) is 351 cm³/mol. The molecular formula is C73H119NO10. The Balaban J connectivity index is 2.68. The van der Waals surface area contributed by atoms with Gasteiger partial charge in [-0.15, -0.1) is 0 Å². The van der Waals surface area contributed by atoms with Crippen LogP contribution in [0.15, 0.2) is 146 Å². The van der Waals surface area contributed by atoms with E-state index in [2.05, 4.69) is 148 Å². The lowest BCUT2D eigenvalue weighted by atomic mass is 9.99. The number of ether oxygens (including phenoxy) is 3. The maximum absolute atomic E-state index is 13.5. The van der Waals surface area contributed by atoms with Crippen LogP contribution in [0.5, 0.6) is 0 Å². The van der Waals surface area contributed by atoms with Crippen molar-refractivity contribution in [2.45, 2.75) is 288 Å². The molecule has 1 heterocycles. The van der Waals surface area contributed by atoms with E-state index >= 15 is 0 Å². The topological polar surface area (TPSA) is 175 Å². The minimum atomic E-state index is -1.66. The first kappa shape index (κ1) is 77.6. The van der Waals surface area contributed by atoms with Crippen molar-refractivity contribution in [3.8, 4) is 0 Å². The van der Waals surface area contributed by atoms with E-state index in [9.17, 15) is 35.1 Å². The Labute approximate surface area is 511 Å². The zero-order valence-electron chi connectivity index (χ0n) is 52.7. The zero-order chi connectivity index (χ0) is 61.0. The Hall–Kier alpha value is -4.46. The molecule has 476 valence electrons. The van der Waals surface area contributed by atoms with Crippen LogP contribution < -0.4 is 5.32 Å². The molecule has 0 spiro atoms. The second-order valence-electron chi connectivity index (χ2n) is 22.1. The van der Waals surface area contributed by atoms with Gasteiger partial charge < -0.3 is 45.1 Å². The molecule has 1 saturated heterocycles. The molecule has 11 heteroatoms. The standard InChI is InChI=1S/C73H119NO10/c1-4-7-10-13-16-19-22-25-27-29-31-32-33-34-35-37-38-40-42-45-48-51-54-57-60-66(77)72(81)74-64(65(76)59-56-53-50-47-44-24-21-18-15-12-9-6-3)63-82-73-71(70(80)69(79)67(62-75)83-73)84-68(78)61-58-55-52-49-46-43-41-39-36-30-28-26-23-20-17-14-11-8-5-2/h7-8,10-11,16-17,19-20,25-28,31-32,34-36,39,43,46,52,55-56,59,64-67,69-71,73,75-77,79-80H,4-6,9,12-15,18,21-24,29-30,33,37-38,40-42,44-45,47-51,53-54,57-58,60-63H2,1-3H3,(H,74,81)/b10-7-,11-8-,19-16-,20-17-,27-25-,28-26-,32-31-,35-34-,39-36-,46-43-,55-52-,59-56+. The van der Waals surface area contributed by atoms with E-state index in [4.69, 9.17) is 14.2 Å². The molecule has 8 unspecified atom stereocenters. The summed E-state index contributed by atoms with van der Waals surface area (Å²) in [5, 5.41) is 57.1. The average Bonchev–Trinajstić information content (AvgIpc) is 3.69. The van der Waals surface area contributed by atoms with E-state index in [0.717, 1.165) is 122 Å². The van der Waals surface area contributed by atoms with Crippen LogP contribution in [0.1, 0.15) is 239 Å². The molecule has 0 bridgehead atoms. The number of esters is 1. The summed E-state index contributed by atoms with van der Waals surface area (Å²) in [6.07, 6.45) is 74.6. The fourth-order valence-corrected chi connectivity index (χ4v) is 9.35. The highest BCUT2D eigenvalue weighted by Gasteiger charge is 2.47. The van der Waals surface area contributed by atoms with Crippen LogP contribution in [-0.4, -0.2) is 99.6 Å². The number of hydrogen-bond donors (Lipinski definition) is 6. The zero-order valence-corrected chi connectivity index (χ0v) is 52.7. The summed E-state index contributed by atoms with van der Waals surface area (Å²) in [5.41, 5.74) is 0. The molecule has 1 fully saturated rings. The molecule has 0 aromatic heterocycles. The molecular weight excluding hydrogens is 1050 g/mol. The first-order chi connectivity index (χ1) is 41.2. The molecule has 1 amide bonds. The van der Waals surface area contributed by atoms with Crippen LogP contribution in [0, 0.1) is 0 Å². The predicted octanol–water partition coefficient (Wildman–Crippen LogP) is 16.6. The number of carbonyl (C=O) groups is 2. The van der Waals surface area contributed by atoms with Gasteiger partial charge in [0.2, 0.25) is 5.91 Å². The molecule has 0 aliphatic carbocycles. The number of unbranched alkanes of at least 4 members (excludes halogenated alkanes) is 18. The Kier molecular flexibility index (Phi) is 54.4. The first-order valence-electron chi connectivity index (χ1n) is 33.1. The molecule has 0 radical (unpaired) electrons. The lowest BCUT2D eigenvalue weighted by Gasteiger charge is -2.41. The summed E-state index contributed by atoms with van der Waals surface area (Å²) in [7, 11) is 0. The summed E-state index contributed by atoms with van der Waals surface area (Å²) >= 11 is 0. The van der Waals surface area contributed by atoms with Gasteiger partial charge in [-0.2, -0.15) is 0 Å². The van der Waals surface area contributed by atoms with Gasteiger partial charge in [-0.25, -0.2) is 0 Å². The van der Waals surface area contributed by atoms with Crippen molar-refractivity contribution in [1.82, 2.24) is 5.32 Å². The van der Waals surface area contributed by atoms with Crippen molar-refractivity contribution in [3.05, 3.63) is 146 Å². The summed E-state index contributed by atoms with van der Waals surface area (Å²) in [5.74, 6) is -1.30. The van der Waals surface area contributed by atoms with Gasteiger partial charge in [0.05, 0.1) is 25.4 Å². The number of aliphatic hydroxyl groups is 5. The maximum atomic E-state index is 13.5. The maximum Gasteiger partial charge on any atom is 0.306 e. The summed E-state index contributed by atoms with van der Waals surface area (Å²) in [6.45, 7) is 5.51. The van der Waals surface area contributed by atoms with E-state index in [-0.39, 0.29) is 19.4 Å². The largest absolute Gasteiger partial charge is 0.454 e. The smallest absolute Gasteiger partial charge is 0.306 e. The number of carbonyl (C=O) groups excluding carboxylic acids is 2. The molecule has 8 atom stereocenters. The van der Waals surface area contributed by atoms with Crippen LogP contribution in [0.25, 0.3) is 0 Å². The highest BCUT2D eigenvalue weighted by atomic mass is 16.7. The van der Waals surface area contributed by atoms with Crippen molar-refractivity contribution < 1.29 is 49.3 Å². The number of aliphatic hydroxyl groups excluding tert-OH is 5. The van der Waals surface area contributed by atoms with E-state index in [0.29, 0.717) is 19.3 Å². The Bertz CT molecular complexity index is 1920. The molecule has 1 aliphatic heterocycles. The highest BCUT2D eigenvalue weighted by Crippen LogP contribution is 2.26. The minimum Gasteiger partial charge on any atom is -0.454 e. The van der Waals surface area contributed by atoms with Crippen LogP contribution in [0.4, 0.5) is 0 Å². The van der Waals surface area contributed by atoms with Gasteiger partial charge in [0.1, 0.15) is 24.4 Å². The van der Waals surface area contributed by atoms with Crippen molar-refractivity contribution in [3.63, 3.8) is 0 Å². The average molecular weight is 1170 g/mol. The number of allylic oxidation sites excluding steroid dienone is 23. The highest BCUT2D eigenvalue weighted by molar-refractivity contribution is 5.80. The number of amides is 1. The normalized spacial score (nSPS) is 19.5. The lowest BCUT2D eigenvalue weighted by Crippen LogP contribution is -2.61. The fourth-order valence-electron chi connectivity index (χ4n) is 9.35. The summed E-state index contributed by atoms with van der Waals surface area (Å²) in [6, 6.07) is -1.05. The van der Waals surface area contributed by atoms with Gasteiger partial charge in [-0.1, -0.05) is 269 Å². The van der Waals surface area contributed by atoms with Crippen molar-refractivity contribution >= 4 is 11.9 Å². The van der Waals surface area contributed by atoms with Gasteiger partial charge in [-0.3, -0.25) is 9.59 Å². The molecule has 6 N–H and O–H groups in total. The molecule has 0 aromatic rings. The molecule has 0 saturated carbocycles. The van der Waals surface area contributed by atoms with Crippen LogP contribution in [-0.2, 0) is 23.8 Å². The monoisotopic (exact) mass is 1170 g/mol. The number of hydrogen-bond acceptors (Lipinski definition) is 10. The summed E-state index contributed by atoms with van der Waals surface area (Å²) in [4.78, 5) is 26.6. The van der Waals surface area contributed by atoms with Gasteiger partial charge in [0, 0.05) is 6.42 Å². The van der Waals surface area contributed by atoms with Crippen LogP contribution in [0.3, 0.4) is 0 Å². The van der Waals surface area contributed by atoms with Gasteiger partial charge >= 0.3 is 5.97 Å². The Morgan fingerprint density at radius 2 is 0.857 bits per heavy atom. The van der Waals surface area contributed by atoms with Crippen molar-refractivity contribution in [2.24, 2.45) is 0 Å². The SMILES string of the molecule is CC/C=C\C/C=C\C/C=C\C/C=C\C/C=C\C/C=C\CCC(=O)OC1C(OCC(NC(=O)C(O)CCCCCCCCCC/C=C\C/C=C\C/C=C\C/C=C\C/C=C\CC)C(O)/C=C/CCCCCCCCCCCC)OC(CO)C(O)C1O. The van der Waals surface area contributed by atoms with E-state index in [1.54, 1.807) is 6.08 Å². The van der Waals surface area contributed by atoms with E-state index in [1.165, 1.54) is 64.2 Å². The Morgan fingerprint density at radius 3 is 1.29 bits per heavy atom. The van der Waals surface area contributed by atoms with Gasteiger partial charge in [0.25, 0.3) is 0 Å². The quantitative estimate of drug-likeness (QED) is 0.0195. The second kappa shape index (κ2) is 58.9. The third-order valence-electron chi connectivity index (χ3n) is 14.5. The third kappa shape index (κ3) is 45.8. The molecule has 1 aliphatic rings.